The van der Waals surface area contributed by atoms with E-state index in [2.05, 4.69) is 0 Å². The third-order valence-corrected chi connectivity index (χ3v) is 7.62. The van der Waals surface area contributed by atoms with Crippen LogP contribution in [0.15, 0.2) is 47.4 Å². The topological polar surface area (TPSA) is 57.7 Å². The van der Waals surface area contributed by atoms with Crippen LogP contribution in [0.4, 0.5) is 0 Å². The quantitative estimate of drug-likeness (QED) is 0.733. The maximum absolute atomic E-state index is 13.5. The predicted octanol–water partition coefficient (Wildman–Crippen LogP) is 3.73. The Kier molecular flexibility index (Phi) is 5.40. The Morgan fingerprint density at radius 1 is 0.964 bits per heavy atom. The first kappa shape index (κ1) is 19.7. The molecule has 4 rings (SSSR count). The van der Waals surface area contributed by atoms with Gasteiger partial charge in [0.1, 0.15) is 6.04 Å². The molecule has 28 heavy (non-hydrogen) atoms. The molecule has 1 atom stereocenters. The van der Waals surface area contributed by atoms with Gasteiger partial charge in [-0.25, -0.2) is 8.42 Å². The van der Waals surface area contributed by atoms with E-state index in [-0.39, 0.29) is 27.4 Å². The molecule has 0 saturated carbocycles. The minimum atomic E-state index is -3.96. The Morgan fingerprint density at radius 2 is 1.57 bits per heavy atom. The Hall–Kier alpha value is -1.60. The van der Waals surface area contributed by atoms with Crippen molar-refractivity contribution in [3.8, 4) is 0 Å². The summed E-state index contributed by atoms with van der Waals surface area (Å²) in [7, 11) is -3.96. The summed E-state index contributed by atoms with van der Waals surface area (Å²) < 4.78 is 28.2. The van der Waals surface area contributed by atoms with Crippen LogP contribution >= 0.6 is 23.2 Å². The van der Waals surface area contributed by atoms with Gasteiger partial charge in [-0.2, -0.15) is 4.31 Å². The largest absolute Gasteiger partial charge is 0.341 e. The molecule has 1 amide bonds. The molecule has 0 bridgehead atoms. The Bertz CT molecular complexity index is 1000. The molecule has 0 unspecified atom stereocenters. The second kappa shape index (κ2) is 7.67. The summed E-state index contributed by atoms with van der Waals surface area (Å²) in [6, 6.07) is 11.1. The summed E-state index contributed by atoms with van der Waals surface area (Å²) in [5.41, 5.74) is 1.92. The minimum absolute atomic E-state index is 0.00334. The third kappa shape index (κ3) is 3.66. The number of sulfonamides is 1. The number of fused-ring (bicyclic) bond motifs is 1. The number of carbonyl (C=O) groups excluding carboxylic acids is 1. The van der Waals surface area contributed by atoms with Gasteiger partial charge in [0.05, 0.1) is 4.90 Å². The van der Waals surface area contributed by atoms with Crippen LogP contribution in [0.5, 0.6) is 0 Å². The van der Waals surface area contributed by atoms with Crippen molar-refractivity contribution in [2.24, 2.45) is 0 Å². The molecule has 2 aliphatic rings. The molecule has 0 aliphatic carbocycles. The van der Waals surface area contributed by atoms with Gasteiger partial charge in [0, 0.05) is 29.7 Å². The molecule has 0 aromatic heterocycles. The maximum atomic E-state index is 13.5. The van der Waals surface area contributed by atoms with Crippen molar-refractivity contribution in [3.63, 3.8) is 0 Å². The fourth-order valence-corrected chi connectivity index (χ4v) is 6.21. The van der Waals surface area contributed by atoms with E-state index in [0.29, 0.717) is 19.5 Å². The SMILES string of the molecule is O=C([C@H]1Cc2ccccc2CN1S(=O)(=O)c1cc(Cl)cc(Cl)c1)N1CCCC1. The van der Waals surface area contributed by atoms with Gasteiger partial charge in [-0.15, -0.1) is 0 Å². The number of hydrogen-bond acceptors (Lipinski definition) is 3. The van der Waals surface area contributed by atoms with Crippen LogP contribution in [0.3, 0.4) is 0 Å². The third-order valence-electron chi connectivity index (χ3n) is 5.35. The molecule has 2 heterocycles. The van der Waals surface area contributed by atoms with Gasteiger partial charge in [-0.05, 0) is 48.6 Å². The molecular weight excluding hydrogens is 419 g/mol. The van der Waals surface area contributed by atoms with Gasteiger partial charge in [-0.1, -0.05) is 47.5 Å². The number of nitrogens with zero attached hydrogens (tertiary/aromatic N) is 2. The average molecular weight is 439 g/mol. The van der Waals surface area contributed by atoms with E-state index in [9.17, 15) is 13.2 Å². The lowest BCUT2D eigenvalue weighted by molar-refractivity contribution is -0.134. The van der Waals surface area contributed by atoms with Crippen LogP contribution in [0, 0.1) is 0 Å². The van der Waals surface area contributed by atoms with Crippen molar-refractivity contribution >= 4 is 39.1 Å². The first-order chi connectivity index (χ1) is 13.4. The highest BCUT2D eigenvalue weighted by Gasteiger charge is 2.41. The first-order valence-corrected chi connectivity index (χ1v) is 11.4. The smallest absolute Gasteiger partial charge is 0.244 e. The van der Waals surface area contributed by atoms with Gasteiger partial charge >= 0.3 is 0 Å². The summed E-state index contributed by atoms with van der Waals surface area (Å²) in [6.07, 6.45) is 2.26. The van der Waals surface area contributed by atoms with Crippen LogP contribution < -0.4 is 0 Å². The summed E-state index contributed by atoms with van der Waals surface area (Å²) >= 11 is 12.1. The van der Waals surface area contributed by atoms with E-state index in [4.69, 9.17) is 23.2 Å². The summed E-state index contributed by atoms with van der Waals surface area (Å²) in [4.78, 5) is 15.0. The van der Waals surface area contributed by atoms with Crippen LogP contribution in [-0.2, 0) is 27.8 Å². The molecule has 1 fully saturated rings. The van der Waals surface area contributed by atoms with E-state index < -0.39 is 16.1 Å². The minimum Gasteiger partial charge on any atom is -0.341 e. The fraction of sp³-hybridized carbons (Fsp3) is 0.350. The molecule has 0 N–H and O–H groups in total. The molecule has 2 aromatic rings. The van der Waals surface area contributed by atoms with E-state index in [1.165, 1.54) is 22.5 Å². The van der Waals surface area contributed by atoms with Crippen LogP contribution in [0.1, 0.15) is 24.0 Å². The highest BCUT2D eigenvalue weighted by atomic mass is 35.5. The number of hydrogen-bond donors (Lipinski definition) is 0. The first-order valence-electron chi connectivity index (χ1n) is 9.20. The van der Waals surface area contributed by atoms with E-state index in [1.54, 1.807) is 4.90 Å². The van der Waals surface area contributed by atoms with Gasteiger partial charge in [0.15, 0.2) is 0 Å². The average Bonchev–Trinajstić information content (AvgIpc) is 3.20. The molecule has 148 valence electrons. The number of halogens is 2. The van der Waals surface area contributed by atoms with Crippen molar-refractivity contribution in [1.29, 1.82) is 0 Å². The van der Waals surface area contributed by atoms with Gasteiger partial charge in [0.2, 0.25) is 15.9 Å². The van der Waals surface area contributed by atoms with E-state index in [1.807, 2.05) is 24.3 Å². The second-order valence-corrected chi connectivity index (χ2v) is 9.94. The Balaban J connectivity index is 1.77. The monoisotopic (exact) mass is 438 g/mol. The second-order valence-electron chi connectivity index (χ2n) is 7.18. The number of amides is 1. The molecule has 8 heteroatoms. The summed E-state index contributed by atoms with van der Waals surface area (Å²) in [5, 5.41) is 0.483. The van der Waals surface area contributed by atoms with Crippen LogP contribution in [0.2, 0.25) is 10.0 Å². The standard InChI is InChI=1S/C20H20Cl2N2O3S/c21-16-10-17(22)12-18(11-16)28(26,27)24-13-15-6-2-1-5-14(15)9-19(24)20(25)23-7-3-4-8-23/h1-2,5-6,10-12,19H,3-4,7-9,13H2/t19-/m1/s1. The molecule has 2 aromatic carbocycles. The number of likely N-dealkylation sites (tertiary alicyclic amines) is 1. The highest BCUT2D eigenvalue weighted by molar-refractivity contribution is 7.89. The molecule has 1 saturated heterocycles. The highest BCUT2D eigenvalue weighted by Crippen LogP contribution is 2.32. The lowest BCUT2D eigenvalue weighted by atomic mass is 9.95. The molecular formula is C20H20Cl2N2O3S. The zero-order valence-electron chi connectivity index (χ0n) is 15.1. The maximum Gasteiger partial charge on any atom is 0.244 e. The normalized spacial score (nSPS) is 20.2. The molecule has 5 nitrogen and oxygen atoms in total. The van der Waals surface area contributed by atoms with Gasteiger partial charge in [-0.3, -0.25) is 4.79 Å². The van der Waals surface area contributed by atoms with Crippen molar-refractivity contribution in [1.82, 2.24) is 9.21 Å². The van der Waals surface area contributed by atoms with Crippen LogP contribution in [0.25, 0.3) is 0 Å². The summed E-state index contributed by atoms with van der Waals surface area (Å²) in [5.74, 6) is -0.135. The van der Waals surface area contributed by atoms with Crippen molar-refractivity contribution in [2.75, 3.05) is 13.1 Å². The predicted molar refractivity (Wildman–Crippen MR) is 109 cm³/mol. The summed E-state index contributed by atoms with van der Waals surface area (Å²) in [6.45, 7) is 1.49. The van der Waals surface area contributed by atoms with Crippen molar-refractivity contribution in [2.45, 2.75) is 36.7 Å². The number of rotatable bonds is 3. The molecule has 0 spiro atoms. The lowest BCUT2D eigenvalue weighted by Gasteiger charge is -2.37. The zero-order chi connectivity index (χ0) is 19.9. The van der Waals surface area contributed by atoms with Crippen LogP contribution in [-0.4, -0.2) is 42.7 Å². The molecule has 2 aliphatic heterocycles. The molecule has 0 radical (unpaired) electrons. The lowest BCUT2D eigenvalue weighted by Crippen LogP contribution is -2.53. The fourth-order valence-electron chi connectivity index (χ4n) is 3.92. The Labute approximate surface area is 174 Å². The number of carbonyl (C=O) groups is 1. The zero-order valence-corrected chi connectivity index (χ0v) is 17.5. The van der Waals surface area contributed by atoms with Gasteiger partial charge < -0.3 is 4.90 Å². The number of benzene rings is 2. The van der Waals surface area contributed by atoms with E-state index >= 15 is 0 Å². The van der Waals surface area contributed by atoms with Gasteiger partial charge in [0.25, 0.3) is 0 Å². The van der Waals surface area contributed by atoms with Crippen molar-refractivity contribution < 1.29 is 13.2 Å². The van der Waals surface area contributed by atoms with Crippen molar-refractivity contribution in [3.05, 3.63) is 63.6 Å². The van der Waals surface area contributed by atoms with E-state index in [0.717, 1.165) is 24.0 Å². The Morgan fingerprint density at radius 3 is 2.21 bits per heavy atom.